The maximum absolute atomic E-state index is 12.4. The van der Waals surface area contributed by atoms with Crippen LogP contribution in [0.25, 0.3) is 0 Å². The van der Waals surface area contributed by atoms with Gasteiger partial charge >= 0.3 is 0 Å². The van der Waals surface area contributed by atoms with Crippen molar-refractivity contribution in [1.82, 2.24) is 25.1 Å². The van der Waals surface area contributed by atoms with Crippen molar-refractivity contribution in [3.8, 4) is 0 Å². The third-order valence-corrected chi connectivity index (χ3v) is 4.85. The van der Waals surface area contributed by atoms with E-state index in [9.17, 15) is 4.79 Å². The maximum Gasteiger partial charge on any atom is 0.254 e. The maximum atomic E-state index is 12.4. The van der Waals surface area contributed by atoms with Crippen LogP contribution in [0.5, 0.6) is 0 Å². The Morgan fingerprint density at radius 3 is 2.84 bits per heavy atom. The fourth-order valence-corrected chi connectivity index (χ4v) is 3.37. The number of carbonyl (C=O) groups is 1. The summed E-state index contributed by atoms with van der Waals surface area (Å²) in [6.07, 6.45) is 7.78. The number of nitrogens with one attached hydrogen (secondary N) is 1. The first-order valence-electron chi connectivity index (χ1n) is 8.98. The van der Waals surface area contributed by atoms with Crippen molar-refractivity contribution in [1.29, 1.82) is 0 Å². The van der Waals surface area contributed by atoms with Gasteiger partial charge in [-0.05, 0) is 32.6 Å². The molecular weight excluding hydrogens is 316 g/mol. The molecule has 1 saturated heterocycles. The minimum atomic E-state index is -0.0579. The molecule has 25 heavy (non-hydrogen) atoms. The van der Waals surface area contributed by atoms with Crippen molar-refractivity contribution in [2.45, 2.75) is 44.6 Å². The molecule has 0 bridgehead atoms. The molecule has 2 fully saturated rings. The van der Waals surface area contributed by atoms with Gasteiger partial charge in [-0.1, -0.05) is 0 Å². The first-order chi connectivity index (χ1) is 12.1. The molecule has 2 aromatic heterocycles. The van der Waals surface area contributed by atoms with Crippen LogP contribution in [0, 0.1) is 6.92 Å². The van der Waals surface area contributed by atoms with E-state index in [0.29, 0.717) is 11.5 Å². The second kappa shape index (κ2) is 6.46. The van der Waals surface area contributed by atoms with Crippen LogP contribution in [-0.4, -0.2) is 44.8 Å². The van der Waals surface area contributed by atoms with E-state index in [2.05, 4.69) is 26.4 Å². The van der Waals surface area contributed by atoms with Crippen LogP contribution in [0.15, 0.2) is 18.5 Å². The van der Waals surface area contributed by atoms with Crippen LogP contribution in [0.1, 0.15) is 53.5 Å². The van der Waals surface area contributed by atoms with Gasteiger partial charge in [0.05, 0.1) is 11.8 Å². The third-order valence-electron chi connectivity index (χ3n) is 4.85. The molecule has 1 N–H and O–H groups in total. The highest BCUT2D eigenvalue weighted by Crippen LogP contribution is 2.38. The molecule has 0 radical (unpaired) electrons. The molecule has 1 aliphatic heterocycles. The second-order valence-electron chi connectivity index (χ2n) is 7.16. The zero-order valence-electron chi connectivity index (χ0n) is 14.8. The highest BCUT2D eigenvalue weighted by atomic mass is 16.1. The SMILES string of the molecule is Cc1cc(N2CCCC(NC(=O)c3cnn(C)c3)C2)nc(C2CC2)n1. The summed E-state index contributed by atoms with van der Waals surface area (Å²) >= 11 is 0. The molecule has 7 nitrogen and oxygen atoms in total. The zero-order chi connectivity index (χ0) is 17.4. The number of rotatable bonds is 4. The molecule has 7 heteroatoms. The summed E-state index contributed by atoms with van der Waals surface area (Å²) in [5.41, 5.74) is 1.63. The molecule has 0 spiro atoms. The van der Waals surface area contributed by atoms with Crippen LogP contribution in [0.2, 0.25) is 0 Å². The van der Waals surface area contributed by atoms with Gasteiger partial charge in [-0.3, -0.25) is 9.48 Å². The monoisotopic (exact) mass is 340 g/mol. The molecule has 4 rings (SSSR count). The number of aromatic nitrogens is 4. The molecule has 132 valence electrons. The van der Waals surface area contributed by atoms with Gasteiger partial charge in [0.2, 0.25) is 0 Å². The van der Waals surface area contributed by atoms with Crippen molar-refractivity contribution < 1.29 is 4.79 Å². The van der Waals surface area contributed by atoms with Gasteiger partial charge in [0, 0.05) is 50.1 Å². The lowest BCUT2D eigenvalue weighted by Crippen LogP contribution is -2.48. The summed E-state index contributed by atoms with van der Waals surface area (Å²) in [6, 6.07) is 2.18. The van der Waals surface area contributed by atoms with E-state index in [-0.39, 0.29) is 11.9 Å². The van der Waals surface area contributed by atoms with Crippen molar-refractivity contribution in [3.05, 3.63) is 35.5 Å². The fraction of sp³-hybridized carbons (Fsp3) is 0.556. The second-order valence-corrected chi connectivity index (χ2v) is 7.16. The van der Waals surface area contributed by atoms with Crippen molar-refractivity contribution in [2.75, 3.05) is 18.0 Å². The molecule has 1 unspecified atom stereocenters. The average molecular weight is 340 g/mol. The van der Waals surface area contributed by atoms with Crippen molar-refractivity contribution in [2.24, 2.45) is 7.05 Å². The number of hydrogen-bond acceptors (Lipinski definition) is 5. The Morgan fingerprint density at radius 1 is 1.28 bits per heavy atom. The molecule has 2 aliphatic rings. The summed E-state index contributed by atoms with van der Waals surface area (Å²) in [5, 5.41) is 7.20. The normalized spacial score (nSPS) is 20.6. The summed E-state index contributed by atoms with van der Waals surface area (Å²) in [4.78, 5) is 24.0. The van der Waals surface area contributed by atoms with E-state index in [4.69, 9.17) is 4.98 Å². The first kappa shape index (κ1) is 16.1. The van der Waals surface area contributed by atoms with Gasteiger partial charge in [-0.25, -0.2) is 9.97 Å². The van der Waals surface area contributed by atoms with Gasteiger partial charge < -0.3 is 10.2 Å². The highest BCUT2D eigenvalue weighted by molar-refractivity contribution is 5.93. The van der Waals surface area contributed by atoms with Crippen LogP contribution < -0.4 is 10.2 Å². The molecule has 3 heterocycles. The average Bonchev–Trinajstić information content (AvgIpc) is 3.36. The third kappa shape index (κ3) is 3.65. The van der Waals surface area contributed by atoms with E-state index in [1.54, 1.807) is 17.1 Å². The summed E-state index contributed by atoms with van der Waals surface area (Å²) in [5.74, 6) is 2.47. The number of nitrogens with zero attached hydrogens (tertiary/aromatic N) is 5. The number of hydrogen-bond donors (Lipinski definition) is 1. The largest absolute Gasteiger partial charge is 0.354 e. The molecule has 1 amide bonds. The smallest absolute Gasteiger partial charge is 0.254 e. The Labute approximate surface area is 147 Å². The van der Waals surface area contributed by atoms with E-state index in [1.165, 1.54) is 12.8 Å². The van der Waals surface area contributed by atoms with E-state index in [1.807, 2.05) is 14.0 Å². The van der Waals surface area contributed by atoms with Crippen molar-refractivity contribution >= 4 is 11.7 Å². The van der Waals surface area contributed by atoms with E-state index < -0.39 is 0 Å². The Bertz CT molecular complexity index is 782. The number of amides is 1. The Morgan fingerprint density at radius 2 is 2.12 bits per heavy atom. The van der Waals surface area contributed by atoms with E-state index in [0.717, 1.165) is 43.3 Å². The zero-order valence-corrected chi connectivity index (χ0v) is 14.8. The van der Waals surface area contributed by atoms with Crippen LogP contribution in [0.4, 0.5) is 5.82 Å². The quantitative estimate of drug-likeness (QED) is 0.918. The topological polar surface area (TPSA) is 75.9 Å². The Kier molecular flexibility index (Phi) is 4.15. The summed E-state index contributed by atoms with van der Waals surface area (Å²) in [7, 11) is 1.81. The number of anilines is 1. The lowest BCUT2D eigenvalue weighted by Gasteiger charge is -2.34. The number of aryl methyl sites for hydroxylation is 2. The van der Waals surface area contributed by atoms with Gasteiger partial charge in [0.15, 0.2) is 0 Å². The Hall–Kier alpha value is -2.44. The minimum absolute atomic E-state index is 0.0579. The molecule has 0 aromatic carbocycles. The predicted octanol–water partition coefficient (Wildman–Crippen LogP) is 1.79. The van der Waals surface area contributed by atoms with Gasteiger partial charge in [0.1, 0.15) is 11.6 Å². The lowest BCUT2D eigenvalue weighted by molar-refractivity contribution is 0.0933. The Balaban J connectivity index is 1.45. The van der Waals surface area contributed by atoms with Crippen molar-refractivity contribution in [3.63, 3.8) is 0 Å². The number of piperidine rings is 1. The van der Waals surface area contributed by atoms with E-state index >= 15 is 0 Å². The fourth-order valence-electron chi connectivity index (χ4n) is 3.37. The summed E-state index contributed by atoms with van der Waals surface area (Å²) < 4.78 is 1.64. The molecule has 1 aliphatic carbocycles. The molecule has 1 saturated carbocycles. The highest BCUT2D eigenvalue weighted by Gasteiger charge is 2.29. The van der Waals surface area contributed by atoms with Crippen LogP contribution in [-0.2, 0) is 7.05 Å². The molecule has 2 aromatic rings. The van der Waals surface area contributed by atoms with Gasteiger partial charge in [0.25, 0.3) is 5.91 Å². The van der Waals surface area contributed by atoms with Crippen LogP contribution >= 0.6 is 0 Å². The van der Waals surface area contributed by atoms with Gasteiger partial charge in [-0.15, -0.1) is 0 Å². The lowest BCUT2D eigenvalue weighted by atomic mass is 10.1. The first-order valence-corrected chi connectivity index (χ1v) is 8.98. The molecule has 1 atom stereocenters. The van der Waals surface area contributed by atoms with Gasteiger partial charge in [-0.2, -0.15) is 5.10 Å². The van der Waals surface area contributed by atoms with Crippen LogP contribution in [0.3, 0.4) is 0 Å². The standard InChI is InChI=1S/C18H24N6O/c1-12-8-16(22-17(20-12)13-5-6-13)24-7-3-4-15(11-24)21-18(25)14-9-19-23(2)10-14/h8-10,13,15H,3-7,11H2,1-2H3,(H,21,25). The minimum Gasteiger partial charge on any atom is -0.354 e. The number of carbonyl (C=O) groups excluding carboxylic acids is 1. The predicted molar refractivity (Wildman–Crippen MR) is 94.7 cm³/mol. The summed E-state index contributed by atoms with van der Waals surface area (Å²) in [6.45, 7) is 3.79. The molecular formula is C18H24N6O.